The van der Waals surface area contributed by atoms with Crippen molar-refractivity contribution in [2.75, 3.05) is 90.6 Å². The topological polar surface area (TPSA) is 270 Å². The van der Waals surface area contributed by atoms with E-state index in [0.717, 1.165) is 100 Å². The van der Waals surface area contributed by atoms with Crippen LogP contribution in [-0.2, 0) is 46.4 Å². The minimum atomic E-state index is -0.862. The summed E-state index contributed by atoms with van der Waals surface area (Å²) in [7, 11) is 1.54. The number of hydrogen-bond donors (Lipinski definition) is 5. The molecule has 12 aromatic rings. The lowest BCUT2D eigenvalue weighted by molar-refractivity contribution is -0.129. The van der Waals surface area contributed by atoms with Gasteiger partial charge in [-0.1, -0.05) is 83.0 Å². The third-order valence-electron chi connectivity index (χ3n) is 21.3. The molecule has 8 aromatic carbocycles. The SMILES string of the molecule is CC(=O)Cc1ccc(Nc2ncnc(Oc3ccc4c(c3F)C=C(C)C4)c2F)cc1.CC(=O)N1CCN(c2ccc(Nc3ncnc(Oc4ccc5c(c4F)C=C(C)C5)c3F)cc2)CC1.CC1=Cc2c(ccc(Oc3ncnc(Nc4ccc(N5CCOCC5)cc4)c3F)c2F)C1.CNC(=O)c1ccc(Nc2ncnc(Oc3ccc4c(c3F)C=C(C)C4)c2F)cc1. The minimum Gasteiger partial charge on any atom is -0.433 e. The number of benzene rings is 8. The van der Waals surface area contributed by atoms with Crippen LogP contribution in [0.2, 0.25) is 0 Å². The Morgan fingerprint density at radius 2 is 0.654 bits per heavy atom. The first-order valence-corrected chi connectivity index (χ1v) is 40.5. The molecule has 2 amide bonds. The van der Waals surface area contributed by atoms with Gasteiger partial charge in [0.15, 0.2) is 69.5 Å². The van der Waals surface area contributed by atoms with Crippen LogP contribution in [0.4, 0.5) is 92.5 Å². The summed E-state index contributed by atoms with van der Waals surface area (Å²) in [4.78, 5) is 71.6. The zero-order valence-corrected chi connectivity index (χ0v) is 69.9. The van der Waals surface area contributed by atoms with Crippen LogP contribution in [0, 0.1) is 46.5 Å². The summed E-state index contributed by atoms with van der Waals surface area (Å²) in [6, 6.07) is 41.5. The maximum Gasteiger partial charge on any atom is 0.261 e. The fraction of sp³-hybridized carbons (Fsp3) is 0.211. The predicted octanol–water partition coefficient (Wildman–Crippen LogP) is 20.0. The summed E-state index contributed by atoms with van der Waals surface area (Å²) >= 11 is 0. The number of fused-ring (bicyclic) bond motifs is 4. The number of morpholine rings is 1. The first kappa shape index (κ1) is 87.0. The smallest absolute Gasteiger partial charge is 0.261 e. The van der Waals surface area contributed by atoms with E-state index in [0.29, 0.717) is 109 Å². The summed E-state index contributed by atoms with van der Waals surface area (Å²) in [5, 5.41) is 14.0. The molecule has 4 aliphatic carbocycles. The standard InChI is InChI=1S/C26H25F2N5O2.C24H22F2N4O2.C23H19F2N3O2.C22H18F2N4O2/c1-16-13-18-3-8-22(23(27)21(18)14-16)35-26-24(28)25(29-15-30-26)31-19-4-6-20(7-5-19)33-11-9-32(10-12-33)17(2)34;1-15-12-16-2-7-20(21(25)19(16)13-15)32-24-22(26)23(27-14-28-24)29-17-3-5-18(6-4-17)30-8-10-31-11-9-30;1-13-9-16-5-8-19(20(24)18(16)10-13)30-23-21(25)22(26-12-27-23)28-17-6-3-15(4-7-17)11-14(2)29;1-12-9-14-5-8-17(18(23)16(14)10-12)30-22-19(24)20(26-11-27-22)28-15-6-3-13(4-7-15)21(29)25-2/h3-8,14-15H,9-13H2,1-2H3,(H,29,30,31);2-7,13-14H,8-12H2,1H3,(H,27,28,29);3-8,10,12H,9,11H2,1-2H3,(H,26,27,28);3-8,10-11H,9H2,1-2H3,(H,25,29)(H,26,27,28). The molecule has 2 fully saturated rings. The molecule has 648 valence electrons. The van der Waals surface area contributed by atoms with Crippen LogP contribution in [0.15, 0.2) is 193 Å². The van der Waals surface area contributed by atoms with Crippen molar-refractivity contribution in [1.82, 2.24) is 50.1 Å². The Kier molecular flexibility index (Phi) is 26.6. The summed E-state index contributed by atoms with van der Waals surface area (Å²) in [6.45, 7) is 16.8. The number of carbonyl (C=O) groups is 3. The maximum absolute atomic E-state index is 15.1. The fourth-order valence-electron chi connectivity index (χ4n) is 14.9. The number of carbonyl (C=O) groups excluding carboxylic acids is 3. The number of ketones is 1. The highest BCUT2D eigenvalue weighted by molar-refractivity contribution is 5.94. The number of rotatable bonds is 21. The van der Waals surface area contributed by atoms with Crippen LogP contribution in [0.5, 0.6) is 46.5 Å². The molecule has 0 bridgehead atoms. The van der Waals surface area contributed by atoms with Crippen LogP contribution < -0.4 is 55.3 Å². The number of anilines is 10. The summed E-state index contributed by atoms with van der Waals surface area (Å²) in [5.74, 6) is -7.76. The molecule has 5 N–H and O–H groups in total. The first-order valence-electron chi connectivity index (χ1n) is 40.5. The van der Waals surface area contributed by atoms with Crippen molar-refractivity contribution in [1.29, 1.82) is 0 Å². The minimum absolute atomic E-state index is 0.0496. The molecular formula is C95H84F8N16O8. The molecule has 18 rings (SSSR count). The Morgan fingerprint density at radius 3 is 0.945 bits per heavy atom. The molecule has 0 spiro atoms. The summed E-state index contributed by atoms with van der Waals surface area (Å²) in [6.07, 6.45) is 14.8. The normalized spacial score (nSPS) is 13.8. The zero-order valence-electron chi connectivity index (χ0n) is 69.9. The zero-order chi connectivity index (χ0) is 89.1. The lowest BCUT2D eigenvalue weighted by Gasteiger charge is -2.35. The van der Waals surface area contributed by atoms with Crippen molar-refractivity contribution >= 4 is 99.3 Å². The van der Waals surface area contributed by atoms with Gasteiger partial charge in [-0.3, -0.25) is 14.4 Å². The van der Waals surface area contributed by atoms with Gasteiger partial charge in [0.05, 0.1) is 13.2 Å². The lowest BCUT2D eigenvalue weighted by Crippen LogP contribution is -2.48. The Morgan fingerprint density at radius 1 is 0.362 bits per heavy atom. The summed E-state index contributed by atoms with van der Waals surface area (Å²) in [5.41, 5.74) is 15.4. The molecule has 4 aromatic heterocycles. The molecule has 24 nitrogen and oxygen atoms in total. The molecule has 6 heterocycles. The number of ether oxygens (including phenoxy) is 5. The number of aromatic nitrogens is 8. The van der Waals surface area contributed by atoms with Gasteiger partial charge < -0.3 is 65.0 Å². The first-order chi connectivity index (χ1) is 61.3. The number of piperazine rings is 1. The van der Waals surface area contributed by atoms with Crippen LogP contribution in [0.3, 0.4) is 0 Å². The van der Waals surface area contributed by atoms with Crippen LogP contribution in [-0.4, -0.2) is 122 Å². The van der Waals surface area contributed by atoms with Crippen LogP contribution >= 0.6 is 0 Å². The maximum atomic E-state index is 15.1. The van der Waals surface area contributed by atoms with E-state index in [-0.39, 0.29) is 81.5 Å². The third kappa shape index (κ3) is 20.6. The van der Waals surface area contributed by atoms with Gasteiger partial charge in [-0.05, 0) is 197 Å². The predicted molar refractivity (Wildman–Crippen MR) is 467 cm³/mol. The average Bonchev–Trinajstić information content (AvgIpc) is 1.70. The number of halogens is 8. The lowest BCUT2D eigenvalue weighted by atomic mass is 10.1. The molecule has 32 heteroatoms. The Hall–Kier alpha value is -15.0. The van der Waals surface area contributed by atoms with E-state index in [1.807, 2.05) is 81.1 Å². The van der Waals surface area contributed by atoms with E-state index < -0.39 is 52.4 Å². The second-order valence-electron chi connectivity index (χ2n) is 30.7. The number of allylic oxidation sites excluding steroid dienone is 4. The number of nitrogens with one attached hydrogen (secondary N) is 5. The van der Waals surface area contributed by atoms with E-state index >= 15 is 8.78 Å². The Bertz CT molecular complexity index is 6310. The van der Waals surface area contributed by atoms with E-state index in [1.165, 1.54) is 50.9 Å². The third-order valence-corrected chi connectivity index (χ3v) is 21.3. The van der Waals surface area contributed by atoms with Gasteiger partial charge in [0.25, 0.3) is 29.4 Å². The van der Waals surface area contributed by atoms with Crippen LogP contribution in [0.1, 0.15) is 102 Å². The van der Waals surface area contributed by atoms with Crippen molar-refractivity contribution in [3.05, 3.63) is 295 Å². The van der Waals surface area contributed by atoms with Gasteiger partial charge >= 0.3 is 0 Å². The number of hydrogen-bond acceptors (Lipinski definition) is 22. The van der Waals surface area contributed by atoms with E-state index in [4.69, 9.17) is 23.7 Å². The van der Waals surface area contributed by atoms with Crippen molar-refractivity contribution < 1.29 is 73.2 Å². The highest BCUT2D eigenvalue weighted by Crippen LogP contribution is 2.42. The molecule has 127 heavy (non-hydrogen) atoms. The van der Waals surface area contributed by atoms with Crippen LogP contribution in [0.25, 0.3) is 24.3 Å². The summed E-state index contributed by atoms with van der Waals surface area (Å²) < 4.78 is 146. The molecule has 0 radical (unpaired) electrons. The molecule has 0 atom stereocenters. The van der Waals surface area contributed by atoms with Gasteiger partial charge in [-0.15, -0.1) is 0 Å². The van der Waals surface area contributed by atoms with E-state index in [1.54, 1.807) is 104 Å². The van der Waals surface area contributed by atoms with Gasteiger partial charge in [-0.2, -0.15) is 37.5 Å². The largest absolute Gasteiger partial charge is 0.433 e. The van der Waals surface area contributed by atoms with E-state index in [2.05, 4.69) is 76.3 Å². The van der Waals surface area contributed by atoms with Gasteiger partial charge in [0.2, 0.25) is 29.2 Å². The molecule has 0 unspecified atom stereocenters. The van der Waals surface area contributed by atoms with Crippen molar-refractivity contribution in [3.63, 3.8) is 0 Å². The molecule has 0 saturated carbocycles. The molecule has 6 aliphatic rings. The van der Waals surface area contributed by atoms with Crippen molar-refractivity contribution in [3.8, 4) is 46.5 Å². The Labute approximate surface area is 725 Å². The highest BCUT2D eigenvalue weighted by atomic mass is 19.2. The molecule has 2 saturated heterocycles. The second kappa shape index (κ2) is 38.9. The number of nitrogens with zero attached hydrogens (tertiary/aromatic N) is 11. The van der Waals surface area contributed by atoms with Crippen molar-refractivity contribution in [2.45, 2.75) is 73.6 Å². The molecule has 2 aliphatic heterocycles. The second-order valence-corrected chi connectivity index (χ2v) is 30.7. The monoisotopic (exact) mass is 1730 g/mol. The highest BCUT2D eigenvalue weighted by Gasteiger charge is 2.28. The van der Waals surface area contributed by atoms with Gasteiger partial charge in [0, 0.05) is 122 Å². The average molecular weight is 1730 g/mol. The fourth-order valence-corrected chi connectivity index (χ4v) is 14.9. The quantitative estimate of drug-likeness (QED) is 0.0418. The number of amides is 2. The Balaban J connectivity index is 0.000000131. The van der Waals surface area contributed by atoms with E-state index in [9.17, 15) is 40.7 Å². The van der Waals surface area contributed by atoms with Crippen molar-refractivity contribution in [2.24, 2.45) is 0 Å². The van der Waals surface area contributed by atoms with Gasteiger partial charge in [0.1, 0.15) is 31.1 Å². The number of Topliss-reactive ketones (excluding diaryl/α,β-unsaturated/α-hetero) is 1. The molecular weight excluding hydrogens is 1650 g/mol. The van der Waals surface area contributed by atoms with Gasteiger partial charge in [-0.25, -0.2) is 37.5 Å².